The van der Waals surface area contributed by atoms with Crippen molar-refractivity contribution < 1.29 is 8.78 Å². The monoisotopic (exact) mass is 247 g/mol. The van der Waals surface area contributed by atoms with Gasteiger partial charge in [-0.15, -0.1) is 0 Å². The summed E-state index contributed by atoms with van der Waals surface area (Å²) in [5.41, 5.74) is 7.24. The zero-order valence-electron chi connectivity index (χ0n) is 9.94. The summed E-state index contributed by atoms with van der Waals surface area (Å²) in [6.07, 6.45) is 0.660. The van der Waals surface area contributed by atoms with Gasteiger partial charge in [0.05, 0.1) is 0 Å². The van der Waals surface area contributed by atoms with Crippen LogP contribution in [0, 0.1) is 11.6 Å². The third-order valence-corrected chi connectivity index (χ3v) is 2.96. The zero-order chi connectivity index (χ0) is 13.0. The van der Waals surface area contributed by atoms with Crippen molar-refractivity contribution in [2.75, 3.05) is 6.54 Å². The molecule has 0 saturated carbocycles. The van der Waals surface area contributed by atoms with Gasteiger partial charge in [-0.05, 0) is 48.4 Å². The Morgan fingerprint density at radius 1 is 0.889 bits per heavy atom. The molecule has 0 radical (unpaired) electrons. The van der Waals surface area contributed by atoms with Crippen molar-refractivity contribution >= 4 is 0 Å². The molecule has 0 aliphatic carbocycles. The number of halogens is 2. The summed E-state index contributed by atoms with van der Waals surface area (Å²) >= 11 is 0. The molecule has 2 rings (SSSR count). The number of nitrogens with two attached hydrogens (primary N) is 1. The molecular weight excluding hydrogens is 232 g/mol. The number of hydrogen-bond acceptors (Lipinski definition) is 1. The van der Waals surface area contributed by atoms with Crippen LogP contribution in [0.2, 0.25) is 0 Å². The molecule has 0 heterocycles. The van der Waals surface area contributed by atoms with Crippen LogP contribution in [0.1, 0.15) is 23.5 Å². The van der Waals surface area contributed by atoms with Gasteiger partial charge in [0.1, 0.15) is 11.6 Å². The van der Waals surface area contributed by atoms with Gasteiger partial charge in [-0.2, -0.15) is 0 Å². The third-order valence-electron chi connectivity index (χ3n) is 2.96. The summed E-state index contributed by atoms with van der Waals surface area (Å²) in [5, 5.41) is 0. The van der Waals surface area contributed by atoms with Crippen molar-refractivity contribution in [2.45, 2.75) is 12.3 Å². The van der Waals surface area contributed by atoms with Crippen molar-refractivity contribution in [3.8, 4) is 0 Å². The second kappa shape index (κ2) is 5.74. The Bertz CT molecular complexity index is 480. The molecule has 0 unspecified atom stereocenters. The van der Waals surface area contributed by atoms with Gasteiger partial charge in [-0.25, -0.2) is 8.78 Å². The van der Waals surface area contributed by atoms with Crippen molar-refractivity contribution in [3.05, 3.63) is 71.3 Å². The molecule has 1 nitrogen and oxygen atoms in total. The van der Waals surface area contributed by atoms with E-state index in [9.17, 15) is 8.78 Å². The first-order valence-corrected chi connectivity index (χ1v) is 5.91. The van der Waals surface area contributed by atoms with Crippen molar-refractivity contribution in [1.29, 1.82) is 0 Å². The molecule has 0 aliphatic rings. The van der Waals surface area contributed by atoms with Gasteiger partial charge in [0.15, 0.2) is 0 Å². The Balaban J connectivity index is 2.39. The lowest BCUT2D eigenvalue weighted by Crippen LogP contribution is -2.09. The highest BCUT2D eigenvalue weighted by Crippen LogP contribution is 2.28. The van der Waals surface area contributed by atoms with Crippen LogP contribution in [0.15, 0.2) is 48.5 Å². The fourth-order valence-corrected chi connectivity index (χ4v) is 2.14. The minimum Gasteiger partial charge on any atom is -0.330 e. The number of benzene rings is 2. The highest BCUT2D eigenvalue weighted by molar-refractivity contribution is 5.33. The Morgan fingerprint density at radius 2 is 1.39 bits per heavy atom. The Hall–Kier alpha value is -1.74. The lowest BCUT2D eigenvalue weighted by Gasteiger charge is -2.17. The van der Waals surface area contributed by atoms with E-state index in [1.54, 1.807) is 12.1 Å². The molecule has 2 aromatic carbocycles. The molecule has 0 fully saturated rings. The first-order valence-electron chi connectivity index (χ1n) is 5.91. The van der Waals surface area contributed by atoms with E-state index in [1.165, 1.54) is 24.3 Å². The Labute approximate surface area is 105 Å². The molecule has 0 spiro atoms. The second-order valence-electron chi connectivity index (χ2n) is 4.24. The van der Waals surface area contributed by atoms with Crippen LogP contribution in [0.4, 0.5) is 8.78 Å². The van der Waals surface area contributed by atoms with Gasteiger partial charge >= 0.3 is 0 Å². The highest BCUT2D eigenvalue weighted by atomic mass is 19.1. The van der Waals surface area contributed by atoms with Crippen LogP contribution >= 0.6 is 0 Å². The van der Waals surface area contributed by atoms with E-state index in [1.807, 2.05) is 12.1 Å². The lowest BCUT2D eigenvalue weighted by atomic mass is 9.88. The van der Waals surface area contributed by atoms with E-state index < -0.39 is 0 Å². The highest BCUT2D eigenvalue weighted by Gasteiger charge is 2.14. The molecule has 0 atom stereocenters. The van der Waals surface area contributed by atoms with Crippen molar-refractivity contribution in [3.63, 3.8) is 0 Å². The van der Waals surface area contributed by atoms with Crippen LogP contribution in [0.25, 0.3) is 0 Å². The average Bonchev–Trinajstić information content (AvgIpc) is 2.36. The molecule has 2 N–H and O–H groups in total. The molecule has 94 valence electrons. The molecule has 0 bridgehead atoms. The van der Waals surface area contributed by atoms with E-state index in [0.717, 1.165) is 11.1 Å². The van der Waals surface area contributed by atoms with Crippen LogP contribution in [0.5, 0.6) is 0 Å². The van der Waals surface area contributed by atoms with E-state index in [-0.39, 0.29) is 17.6 Å². The third kappa shape index (κ3) is 2.93. The summed E-state index contributed by atoms with van der Waals surface area (Å²) in [6, 6.07) is 12.8. The summed E-state index contributed by atoms with van der Waals surface area (Å²) in [5.74, 6) is -0.641. The number of rotatable bonds is 4. The van der Waals surface area contributed by atoms with Crippen LogP contribution in [0.3, 0.4) is 0 Å². The zero-order valence-corrected chi connectivity index (χ0v) is 9.94. The average molecular weight is 247 g/mol. The minimum absolute atomic E-state index is 0.0681. The van der Waals surface area contributed by atoms with Gasteiger partial charge in [-0.3, -0.25) is 0 Å². The van der Waals surface area contributed by atoms with E-state index >= 15 is 0 Å². The minimum atomic E-state index is -0.286. The van der Waals surface area contributed by atoms with E-state index in [2.05, 4.69) is 0 Å². The fraction of sp³-hybridized carbons (Fsp3) is 0.200. The molecule has 2 aromatic rings. The predicted molar refractivity (Wildman–Crippen MR) is 68.3 cm³/mol. The first-order chi connectivity index (χ1) is 8.70. The maximum atomic E-state index is 13.3. The largest absolute Gasteiger partial charge is 0.330 e. The fourth-order valence-electron chi connectivity index (χ4n) is 2.14. The standard InChI is InChI=1S/C15H15F2N/c16-13-5-1-3-11(9-13)15(7-8-18)12-4-2-6-14(17)10-12/h1-6,9-10,15H,7-8,18H2. The van der Waals surface area contributed by atoms with Crippen LogP contribution < -0.4 is 5.73 Å². The molecule has 0 aliphatic heterocycles. The Kier molecular flexibility index (Phi) is 4.05. The second-order valence-corrected chi connectivity index (χ2v) is 4.24. The molecule has 3 heteroatoms. The van der Waals surface area contributed by atoms with Gasteiger partial charge < -0.3 is 5.73 Å². The predicted octanol–water partition coefficient (Wildman–Crippen LogP) is 3.45. The first kappa shape index (κ1) is 12.7. The molecular formula is C15H15F2N. The topological polar surface area (TPSA) is 26.0 Å². The van der Waals surface area contributed by atoms with Gasteiger partial charge in [0.25, 0.3) is 0 Å². The maximum Gasteiger partial charge on any atom is 0.123 e. The van der Waals surface area contributed by atoms with Crippen molar-refractivity contribution in [2.24, 2.45) is 5.73 Å². The summed E-state index contributed by atoms with van der Waals surface area (Å²) in [6.45, 7) is 0.470. The lowest BCUT2D eigenvalue weighted by molar-refractivity contribution is 0.614. The number of hydrogen-bond donors (Lipinski definition) is 1. The Morgan fingerprint density at radius 3 is 1.78 bits per heavy atom. The molecule has 18 heavy (non-hydrogen) atoms. The van der Waals surface area contributed by atoms with Crippen LogP contribution in [-0.4, -0.2) is 6.54 Å². The molecule has 0 amide bonds. The molecule has 0 saturated heterocycles. The summed E-state index contributed by atoms with van der Waals surface area (Å²) < 4.78 is 26.5. The van der Waals surface area contributed by atoms with Crippen molar-refractivity contribution in [1.82, 2.24) is 0 Å². The van der Waals surface area contributed by atoms with E-state index in [4.69, 9.17) is 5.73 Å². The molecule has 0 aromatic heterocycles. The van der Waals surface area contributed by atoms with Gasteiger partial charge in [0, 0.05) is 5.92 Å². The smallest absolute Gasteiger partial charge is 0.123 e. The SMILES string of the molecule is NCCC(c1cccc(F)c1)c1cccc(F)c1. The summed E-state index contributed by atoms with van der Waals surface area (Å²) in [4.78, 5) is 0. The van der Waals surface area contributed by atoms with E-state index in [0.29, 0.717) is 13.0 Å². The summed E-state index contributed by atoms with van der Waals surface area (Å²) in [7, 11) is 0. The van der Waals surface area contributed by atoms with Gasteiger partial charge in [-0.1, -0.05) is 24.3 Å². The maximum absolute atomic E-state index is 13.3. The van der Waals surface area contributed by atoms with Gasteiger partial charge in [0.2, 0.25) is 0 Å². The quantitative estimate of drug-likeness (QED) is 0.879. The van der Waals surface area contributed by atoms with Crippen LogP contribution in [-0.2, 0) is 0 Å². The normalized spacial score (nSPS) is 10.9.